The first-order valence-corrected chi connectivity index (χ1v) is 3.56. The van der Waals surface area contributed by atoms with E-state index < -0.39 is 0 Å². The predicted molar refractivity (Wildman–Crippen MR) is 46.3 cm³/mol. The highest BCUT2D eigenvalue weighted by atomic mass is 16.5. The molecule has 0 spiro atoms. The van der Waals surface area contributed by atoms with Gasteiger partial charge in [0, 0.05) is 19.0 Å². The highest BCUT2D eigenvalue weighted by Crippen LogP contribution is 1.77. The smallest absolute Gasteiger partial charge is 0.0661 e. The first-order valence-electron chi connectivity index (χ1n) is 3.56. The van der Waals surface area contributed by atoms with Crippen molar-refractivity contribution in [2.45, 2.75) is 6.92 Å². The molecule has 4 heteroatoms. The first kappa shape index (κ1) is 9.97. The topological polar surface area (TPSA) is 73.6 Å². The summed E-state index contributed by atoms with van der Waals surface area (Å²) in [6.07, 6.45) is 2.84. The van der Waals surface area contributed by atoms with Gasteiger partial charge in [-0.25, -0.2) is 0 Å². The quantitative estimate of drug-likeness (QED) is 0.430. The number of rotatable bonds is 5. The van der Waals surface area contributed by atoms with Crippen LogP contribution in [0.25, 0.3) is 0 Å². The summed E-state index contributed by atoms with van der Waals surface area (Å²) < 4.78 is 5.04. The second-order valence-corrected chi connectivity index (χ2v) is 1.90. The largest absolute Gasteiger partial charge is 0.403 e. The van der Waals surface area contributed by atoms with Crippen molar-refractivity contribution in [1.29, 1.82) is 0 Å². The van der Waals surface area contributed by atoms with E-state index in [0.717, 1.165) is 6.61 Å². The van der Waals surface area contributed by atoms with E-state index in [9.17, 15) is 0 Å². The molecule has 0 aliphatic carbocycles. The molecular formula is C7H15N3O. The van der Waals surface area contributed by atoms with Gasteiger partial charge in [-0.2, -0.15) is 0 Å². The molecule has 0 atom stereocenters. The monoisotopic (exact) mass is 157 g/mol. The molecule has 0 unspecified atom stereocenters. The summed E-state index contributed by atoms with van der Waals surface area (Å²) in [5.41, 5.74) is 10.9. The first-order chi connectivity index (χ1) is 5.31. The van der Waals surface area contributed by atoms with Crippen LogP contribution >= 0.6 is 0 Å². The number of nitrogens with zero attached hydrogens (tertiary/aromatic N) is 1. The van der Waals surface area contributed by atoms with Crippen LogP contribution in [0.5, 0.6) is 0 Å². The molecule has 0 aliphatic rings. The summed E-state index contributed by atoms with van der Waals surface area (Å²) in [6.45, 7) is 3.92. The maximum absolute atomic E-state index is 5.33. The second-order valence-electron chi connectivity index (χ2n) is 1.90. The van der Waals surface area contributed by atoms with Gasteiger partial charge in [0.05, 0.1) is 18.8 Å². The van der Waals surface area contributed by atoms with Crippen LogP contribution in [0, 0.1) is 0 Å². The van der Waals surface area contributed by atoms with Crippen molar-refractivity contribution in [2.24, 2.45) is 16.5 Å². The SMILES string of the molecule is CCOCCN=CC(N)=CN. The van der Waals surface area contributed by atoms with Crippen LogP contribution in [-0.2, 0) is 4.74 Å². The Kier molecular flexibility index (Phi) is 6.42. The third-order valence-electron chi connectivity index (χ3n) is 1.00. The fourth-order valence-electron chi connectivity index (χ4n) is 0.475. The van der Waals surface area contributed by atoms with Crippen LogP contribution in [0.4, 0.5) is 0 Å². The van der Waals surface area contributed by atoms with Gasteiger partial charge in [-0.15, -0.1) is 0 Å². The molecule has 4 nitrogen and oxygen atoms in total. The number of aliphatic imine (C=N–C) groups is 1. The average Bonchev–Trinajstić information content (AvgIpc) is 2.04. The minimum Gasteiger partial charge on any atom is -0.403 e. The van der Waals surface area contributed by atoms with E-state index in [2.05, 4.69) is 4.99 Å². The van der Waals surface area contributed by atoms with Gasteiger partial charge in [0.1, 0.15) is 0 Å². The van der Waals surface area contributed by atoms with Gasteiger partial charge in [0.2, 0.25) is 0 Å². The number of hydrogen-bond donors (Lipinski definition) is 2. The fourth-order valence-corrected chi connectivity index (χ4v) is 0.475. The average molecular weight is 157 g/mol. The van der Waals surface area contributed by atoms with E-state index in [1.54, 1.807) is 0 Å². The Morgan fingerprint density at radius 3 is 2.91 bits per heavy atom. The summed E-state index contributed by atoms with van der Waals surface area (Å²) in [5, 5.41) is 0. The van der Waals surface area contributed by atoms with Gasteiger partial charge in [-0.1, -0.05) is 0 Å². The van der Waals surface area contributed by atoms with Crippen molar-refractivity contribution in [1.82, 2.24) is 0 Å². The van der Waals surface area contributed by atoms with E-state index in [-0.39, 0.29) is 0 Å². The molecule has 4 N–H and O–H groups in total. The van der Waals surface area contributed by atoms with Gasteiger partial charge < -0.3 is 16.2 Å². The Morgan fingerprint density at radius 2 is 2.36 bits per heavy atom. The molecule has 0 fully saturated rings. The minimum absolute atomic E-state index is 0.474. The summed E-state index contributed by atoms with van der Waals surface area (Å²) in [5.74, 6) is 0. The lowest BCUT2D eigenvalue weighted by Gasteiger charge is -1.95. The molecule has 0 saturated heterocycles. The molecule has 0 heterocycles. The zero-order chi connectivity index (χ0) is 8.53. The van der Waals surface area contributed by atoms with Gasteiger partial charge >= 0.3 is 0 Å². The van der Waals surface area contributed by atoms with Crippen molar-refractivity contribution in [3.63, 3.8) is 0 Å². The lowest BCUT2D eigenvalue weighted by Crippen LogP contribution is -2.03. The lowest BCUT2D eigenvalue weighted by atomic mass is 10.5. The fraction of sp³-hybridized carbons (Fsp3) is 0.571. The molecule has 0 radical (unpaired) electrons. The van der Waals surface area contributed by atoms with Gasteiger partial charge in [0.15, 0.2) is 0 Å². The summed E-state index contributed by atoms with van der Waals surface area (Å²) in [4.78, 5) is 3.96. The number of hydrogen-bond acceptors (Lipinski definition) is 4. The highest BCUT2D eigenvalue weighted by Gasteiger charge is 1.81. The van der Waals surface area contributed by atoms with Crippen molar-refractivity contribution < 1.29 is 4.74 Å². The molecule has 11 heavy (non-hydrogen) atoms. The van der Waals surface area contributed by atoms with Crippen LogP contribution < -0.4 is 11.5 Å². The Morgan fingerprint density at radius 1 is 1.64 bits per heavy atom. The molecular weight excluding hydrogens is 142 g/mol. The van der Waals surface area contributed by atoms with Crippen molar-refractivity contribution in [2.75, 3.05) is 19.8 Å². The number of ether oxygens (including phenoxy) is 1. The second kappa shape index (κ2) is 7.08. The third kappa shape index (κ3) is 6.86. The maximum atomic E-state index is 5.33. The third-order valence-corrected chi connectivity index (χ3v) is 1.00. The zero-order valence-corrected chi connectivity index (χ0v) is 6.79. The van der Waals surface area contributed by atoms with Crippen LogP contribution in [0.3, 0.4) is 0 Å². The normalized spacial score (nSPS) is 12.6. The maximum Gasteiger partial charge on any atom is 0.0661 e. The molecule has 0 aromatic carbocycles. The van der Waals surface area contributed by atoms with Crippen molar-refractivity contribution >= 4 is 6.21 Å². The Labute approximate surface area is 66.9 Å². The van der Waals surface area contributed by atoms with Crippen LogP contribution in [0.1, 0.15) is 6.92 Å². The van der Waals surface area contributed by atoms with Gasteiger partial charge in [-0.3, -0.25) is 4.99 Å². The molecule has 0 amide bonds. The van der Waals surface area contributed by atoms with E-state index in [0.29, 0.717) is 18.8 Å². The number of allylic oxidation sites excluding steroid dienone is 1. The van der Waals surface area contributed by atoms with E-state index in [4.69, 9.17) is 16.2 Å². The van der Waals surface area contributed by atoms with Crippen molar-refractivity contribution in [3.05, 3.63) is 11.9 Å². The summed E-state index contributed by atoms with van der Waals surface area (Å²) >= 11 is 0. The van der Waals surface area contributed by atoms with Crippen LogP contribution in [-0.4, -0.2) is 26.0 Å². The zero-order valence-electron chi connectivity index (χ0n) is 6.79. The van der Waals surface area contributed by atoms with Crippen LogP contribution in [0.2, 0.25) is 0 Å². The lowest BCUT2D eigenvalue weighted by molar-refractivity contribution is 0.156. The highest BCUT2D eigenvalue weighted by molar-refractivity contribution is 5.76. The molecule has 0 aromatic heterocycles. The molecule has 0 aliphatic heterocycles. The molecule has 0 rings (SSSR count). The molecule has 64 valence electrons. The van der Waals surface area contributed by atoms with Crippen molar-refractivity contribution in [3.8, 4) is 0 Å². The molecule has 0 bridgehead atoms. The van der Waals surface area contributed by atoms with Gasteiger partial charge in [0.25, 0.3) is 0 Å². The Hall–Kier alpha value is -1.03. The Balaban J connectivity index is 3.30. The standard InChI is InChI=1S/C7H15N3O/c1-2-11-4-3-10-6-7(9)5-8/h5-6H,2-4,8-9H2,1H3. The van der Waals surface area contributed by atoms with E-state index >= 15 is 0 Å². The summed E-state index contributed by atoms with van der Waals surface area (Å²) in [6, 6.07) is 0. The van der Waals surface area contributed by atoms with Gasteiger partial charge in [-0.05, 0) is 6.92 Å². The van der Waals surface area contributed by atoms with E-state index in [1.165, 1.54) is 12.4 Å². The van der Waals surface area contributed by atoms with E-state index in [1.807, 2.05) is 6.92 Å². The number of nitrogens with two attached hydrogens (primary N) is 2. The molecule has 0 saturated carbocycles. The molecule has 0 aromatic rings. The summed E-state index contributed by atoms with van der Waals surface area (Å²) in [7, 11) is 0. The predicted octanol–water partition coefficient (Wildman–Crippen LogP) is -0.147. The van der Waals surface area contributed by atoms with Crippen LogP contribution in [0.15, 0.2) is 16.9 Å². The Bertz CT molecular complexity index is 143. The minimum atomic E-state index is 0.474.